The van der Waals surface area contributed by atoms with Crippen LogP contribution in [0.5, 0.6) is 5.75 Å². The summed E-state index contributed by atoms with van der Waals surface area (Å²) in [6.07, 6.45) is 0.183. The largest absolute Gasteiger partial charge is 0.497 e. The maximum absolute atomic E-state index is 11.0. The minimum absolute atomic E-state index is 0.183. The van der Waals surface area contributed by atoms with Gasteiger partial charge in [0.05, 0.1) is 20.6 Å². The van der Waals surface area contributed by atoms with Gasteiger partial charge in [-0.25, -0.2) is 0 Å². The number of rotatable bonds is 4. The molecule has 0 heterocycles. The first-order valence-corrected chi connectivity index (χ1v) is 4.63. The molecule has 0 amide bonds. The Morgan fingerprint density at radius 2 is 1.93 bits per heavy atom. The molecule has 0 bridgehead atoms. The van der Waals surface area contributed by atoms with E-state index in [4.69, 9.17) is 10.5 Å². The Hall–Kier alpha value is -1.55. The molecule has 2 N–H and O–H groups in total. The molecular weight excluding hydrogens is 194 g/mol. The molecule has 0 saturated carbocycles. The third-order valence-corrected chi connectivity index (χ3v) is 2.16. The summed E-state index contributed by atoms with van der Waals surface area (Å²) in [4.78, 5) is 11.0. The summed E-state index contributed by atoms with van der Waals surface area (Å²) in [6, 6.07) is 6.97. The van der Waals surface area contributed by atoms with Crippen molar-refractivity contribution in [1.82, 2.24) is 0 Å². The second kappa shape index (κ2) is 5.36. The first-order valence-electron chi connectivity index (χ1n) is 4.63. The summed E-state index contributed by atoms with van der Waals surface area (Å²) in [5, 5.41) is 0. The number of nitrogens with two attached hydrogens (primary N) is 1. The molecule has 0 aliphatic carbocycles. The lowest BCUT2D eigenvalue weighted by Crippen LogP contribution is -2.16. The zero-order valence-electron chi connectivity index (χ0n) is 8.90. The van der Waals surface area contributed by atoms with Gasteiger partial charge in [0.25, 0.3) is 0 Å². The van der Waals surface area contributed by atoms with Crippen LogP contribution in [0.25, 0.3) is 0 Å². The molecule has 15 heavy (non-hydrogen) atoms. The molecule has 0 aromatic heterocycles. The van der Waals surface area contributed by atoms with Crippen LogP contribution in [-0.2, 0) is 9.53 Å². The minimum atomic E-state index is -0.330. The van der Waals surface area contributed by atoms with Gasteiger partial charge in [0.1, 0.15) is 5.75 Å². The van der Waals surface area contributed by atoms with Gasteiger partial charge in [-0.15, -0.1) is 0 Å². The van der Waals surface area contributed by atoms with Gasteiger partial charge in [-0.05, 0) is 17.7 Å². The van der Waals surface area contributed by atoms with E-state index in [9.17, 15) is 4.79 Å². The Morgan fingerprint density at radius 3 is 2.40 bits per heavy atom. The van der Waals surface area contributed by atoms with Crippen LogP contribution in [0.15, 0.2) is 24.3 Å². The number of hydrogen-bond acceptors (Lipinski definition) is 4. The average molecular weight is 209 g/mol. The lowest BCUT2D eigenvalue weighted by molar-refractivity contribution is -0.141. The molecule has 1 aromatic rings. The number of carbonyl (C=O) groups excluding carboxylic acids is 1. The highest BCUT2D eigenvalue weighted by Crippen LogP contribution is 2.18. The van der Waals surface area contributed by atoms with E-state index in [1.54, 1.807) is 7.11 Å². The number of carbonyl (C=O) groups is 1. The standard InChI is InChI=1S/C11H15NO3/c1-14-9-5-3-8(4-6-9)10(12)7-11(13)15-2/h3-6,10H,7,12H2,1-2H3/t10-/m0/s1. The smallest absolute Gasteiger partial charge is 0.307 e. The first kappa shape index (κ1) is 11.5. The molecule has 0 spiro atoms. The fourth-order valence-corrected chi connectivity index (χ4v) is 1.23. The van der Waals surface area contributed by atoms with Crippen molar-refractivity contribution < 1.29 is 14.3 Å². The third-order valence-electron chi connectivity index (χ3n) is 2.16. The van der Waals surface area contributed by atoms with Crippen molar-refractivity contribution in [3.63, 3.8) is 0 Å². The average Bonchev–Trinajstić information content (AvgIpc) is 2.29. The highest BCUT2D eigenvalue weighted by molar-refractivity contribution is 5.70. The molecule has 1 atom stereocenters. The van der Waals surface area contributed by atoms with E-state index in [0.717, 1.165) is 11.3 Å². The van der Waals surface area contributed by atoms with E-state index in [-0.39, 0.29) is 18.4 Å². The van der Waals surface area contributed by atoms with Crippen molar-refractivity contribution >= 4 is 5.97 Å². The van der Waals surface area contributed by atoms with Crippen LogP contribution in [0.4, 0.5) is 0 Å². The minimum Gasteiger partial charge on any atom is -0.497 e. The molecule has 82 valence electrons. The predicted octanol–water partition coefficient (Wildman–Crippen LogP) is 1.26. The van der Waals surface area contributed by atoms with Gasteiger partial charge >= 0.3 is 5.97 Å². The van der Waals surface area contributed by atoms with Gasteiger partial charge in [0.2, 0.25) is 0 Å². The number of esters is 1. The fourth-order valence-electron chi connectivity index (χ4n) is 1.23. The van der Waals surface area contributed by atoms with Crippen molar-refractivity contribution in [2.45, 2.75) is 12.5 Å². The Bertz CT molecular complexity index is 321. The Balaban J connectivity index is 2.65. The quantitative estimate of drug-likeness (QED) is 0.758. The van der Waals surface area contributed by atoms with Crippen molar-refractivity contribution in [2.24, 2.45) is 5.73 Å². The van der Waals surface area contributed by atoms with E-state index in [2.05, 4.69) is 4.74 Å². The van der Waals surface area contributed by atoms with Gasteiger partial charge < -0.3 is 15.2 Å². The zero-order valence-corrected chi connectivity index (χ0v) is 8.90. The van der Waals surface area contributed by atoms with Crippen LogP contribution in [0.2, 0.25) is 0 Å². The zero-order chi connectivity index (χ0) is 11.3. The van der Waals surface area contributed by atoms with E-state index in [1.165, 1.54) is 7.11 Å². The second-order valence-electron chi connectivity index (χ2n) is 3.16. The van der Waals surface area contributed by atoms with Crippen LogP contribution in [0.1, 0.15) is 18.0 Å². The monoisotopic (exact) mass is 209 g/mol. The van der Waals surface area contributed by atoms with Crippen molar-refractivity contribution in [3.8, 4) is 5.75 Å². The molecule has 4 nitrogen and oxygen atoms in total. The van der Waals surface area contributed by atoms with E-state index >= 15 is 0 Å². The first-order chi connectivity index (χ1) is 7.17. The lowest BCUT2D eigenvalue weighted by Gasteiger charge is -2.10. The number of ether oxygens (including phenoxy) is 2. The maximum atomic E-state index is 11.0. The summed E-state index contributed by atoms with van der Waals surface area (Å²) >= 11 is 0. The molecule has 0 aliphatic heterocycles. The maximum Gasteiger partial charge on any atom is 0.307 e. The Labute approximate surface area is 89.0 Å². The highest BCUT2D eigenvalue weighted by Gasteiger charge is 2.11. The van der Waals surface area contributed by atoms with Crippen LogP contribution in [0.3, 0.4) is 0 Å². The number of methoxy groups -OCH3 is 2. The molecule has 1 aromatic carbocycles. The SMILES string of the molecule is COC(=O)C[C@H](N)c1ccc(OC)cc1. The Morgan fingerprint density at radius 1 is 1.33 bits per heavy atom. The summed E-state index contributed by atoms with van der Waals surface area (Å²) < 4.78 is 9.56. The van der Waals surface area contributed by atoms with Gasteiger partial charge in [0, 0.05) is 6.04 Å². The summed E-state index contributed by atoms with van der Waals surface area (Å²) in [5.74, 6) is 0.460. The van der Waals surface area contributed by atoms with Crippen LogP contribution in [0, 0.1) is 0 Å². The molecule has 4 heteroatoms. The van der Waals surface area contributed by atoms with Gasteiger partial charge in [-0.3, -0.25) is 4.79 Å². The molecule has 0 aliphatic rings. The van der Waals surface area contributed by atoms with Crippen molar-refractivity contribution in [1.29, 1.82) is 0 Å². The van der Waals surface area contributed by atoms with Gasteiger partial charge in [-0.1, -0.05) is 12.1 Å². The molecule has 0 saturated heterocycles. The molecular formula is C11H15NO3. The second-order valence-corrected chi connectivity index (χ2v) is 3.16. The predicted molar refractivity (Wildman–Crippen MR) is 56.6 cm³/mol. The van der Waals surface area contributed by atoms with Crippen LogP contribution < -0.4 is 10.5 Å². The van der Waals surface area contributed by atoms with Crippen LogP contribution >= 0.6 is 0 Å². The van der Waals surface area contributed by atoms with E-state index in [0.29, 0.717) is 0 Å². The molecule has 0 fully saturated rings. The summed E-state index contributed by atoms with van der Waals surface area (Å²) in [6.45, 7) is 0. The highest BCUT2D eigenvalue weighted by atomic mass is 16.5. The number of hydrogen-bond donors (Lipinski definition) is 1. The van der Waals surface area contributed by atoms with Gasteiger partial charge in [0.15, 0.2) is 0 Å². The van der Waals surface area contributed by atoms with E-state index < -0.39 is 0 Å². The summed E-state index contributed by atoms with van der Waals surface area (Å²) in [7, 11) is 2.95. The molecule has 1 rings (SSSR count). The summed E-state index contributed by atoms with van der Waals surface area (Å²) in [5.41, 5.74) is 6.71. The van der Waals surface area contributed by atoms with Crippen molar-refractivity contribution in [3.05, 3.63) is 29.8 Å². The van der Waals surface area contributed by atoms with Gasteiger partial charge in [-0.2, -0.15) is 0 Å². The third kappa shape index (κ3) is 3.25. The molecule has 0 unspecified atom stereocenters. The molecule has 0 radical (unpaired) electrons. The Kier molecular flexibility index (Phi) is 4.12. The lowest BCUT2D eigenvalue weighted by atomic mass is 10.0. The van der Waals surface area contributed by atoms with Crippen LogP contribution in [-0.4, -0.2) is 20.2 Å². The fraction of sp³-hybridized carbons (Fsp3) is 0.364. The van der Waals surface area contributed by atoms with Crippen molar-refractivity contribution in [2.75, 3.05) is 14.2 Å². The number of benzene rings is 1. The topological polar surface area (TPSA) is 61.5 Å². The normalized spacial score (nSPS) is 11.9. The van der Waals surface area contributed by atoms with E-state index in [1.807, 2.05) is 24.3 Å².